The smallest absolute Gasteiger partial charge is 0.338 e. The number of halogens is 1. The minimum atomic E-state index is -0.346. The van der Waals surface area contributed by atoms with Crippen LogP contribution in [0, 0.1) is 0 Å². The van der Waals surface area contributed by atoms with Crippen LogP contribution in [0.15, 0.2) is 16.6 Å². The standard InChI is InChI=1S/C10H12BrNO2/c1-3-6-4-8(11)9(12)5-7(6)10(13)14-2/h4-5H,3,12H2,1-2H3. The van der Waals surface area contributed by atoms with Crippen LogP contribution in [0.5, 0.6) is 0 Å². The summed E-state index contributed by atoms with van der Waals surface area (Å²) in [7, 11) is 1.36. The predicted octanol–water partition coefficient (Wildman–Crippen LogP) is 2.38. The summed E-state index contributed by atoms with van der Waals surface area (Å²) in [5.74, 6) is -0.346. The minimum Gasteiger partial charge on any atom is -0.465 e. The van der Waals surface area contributed by atoms with Crippen molar-refractivity contribution in [2.24, 2.45) is 0 Å². The number of nitrogen functional groups attached to an aromatic ring is 1. The molecule has 0 aliphatic heterocycles. The van der Waals surface area contributed by atoms with E-state index in [0.29, 0.717) is 11.3 Å². The van der Waals surface area contributed by atoms with Gasteiger partial charge < -0.3 is 10.5 Å². The molecule has 0 aliphatic carbocycles. The molecule has 14 heavy (non-hydrogen) atoms. The van der Waals surface area contributed by atoms with Gasteiger partial charge >= 0.3 is 5.97 Å². The fraction of sp³-hybridized carbons (Fsp3) is 0.300. The van der Waals surface area contributed by atoms with Gasteiger partial charge in [-0.2, -0.15) is 0 Å². The topological polar surface area (TPSA) is 52.3 Å². The van der Waals surface area contributed by atoms with E-state index in [9.17, 15) is 4.79 Å². The highest BCUT2D eigenvalue weighted by Crippen LogP contribution is 2.24. The summed E-state index contributed by atoms with van der Waals surface area (Å²) in [6, 6.07) is 3.48. The van der Waals surface area contributed by atoms with E-state index in [0.717, 1.165) is 16.5 Å². The van der Waals surface area contributed by atoms with Gasteiger partial charge in [-0.05, 0) is 40.0 Å². The number of anilines is 1. The summed E-state index contributed by atoms with van der Waals surface area (Å²) < 4.78 is 5.47. The third kappa shape index (κ3) is 2.07. The molecular weight excluding hydrogens is 246 g/mol. The van der Waals surface area contributed by atoms with E-state index in [4.69, 9.17) is 5.73 Å². The number of esters is 1. The Labute approximate surface area is 91.4 Å². The maximum absolute atomic E-state index is 11.4. The van der Waals surface area contributed by atoms with Crippen LogP contribution < -0.4 is 5.73 Å². The van der Waals surface area contributed by atoms with Crippen molar-refractivity contribution in [2.75, 3.05) is 12.8 Å². The van der Waals surface area contributed by atoms with Crippen LogP contribution in [0.1, 0.15) is 22.8 Å². The summed E-state index contributed by atoms with van der Waals surface area (Å²) in [5, 5.41) is 0. The zero-order chi connectivity index (χ0) is 10.7. The number of carbonyl (C=O) groups is 1. The zero-order valence-electron chi connectivity index (χ0n) is 8.13. The normalized spacial score (nSPS) is 9.93. The van der Waals surface area contributed by atoms with Gasteiger partial charge in [0.15, 0.2) is 0 Å². The molecule has 0 radical (unpaired) electrons. The first-order valence-electron chi connectivity index (χ1n) is 4.26. The summed E-state index contributed by atoms with van der Waals surface area (Å²) >= 11 is 3.31. The average Bonchev–Trinajstić information content (AvgIpc) is 2.20. The summed E-state index contributed by atoms with van der Waals surface area (Å²) in [4.78, 5) is 11.4. The molecule has 2 N–H and O–H groups in total. The van der Waals surface area contributed by atoms with Gasteiger partial charge in [0.1, 0.15) is 0 Å². The molecule has 3 nitrogen and oxygen atoms in total. The zero-order valence-corrected chi connectivity index (χ0v) is 9.72. The Kier molecular flexibility index (Phi) is 3.52. The van der Waals surface area contributed by atoms with Crippen molar-refractivity contribution in [3.05, 3.63) is 27.7 Å². The van der Waals surface area contributed by atoms with E-state index in [1.54, 1.807) is 6.07 Å². The van der Waals surface area contributed by atoms with Gasteiger partial charge in [-0.3, -0.25) is 0 Å². The van der Waals surface area contributed by atoms with Gasteiger partial charge in [-0.15, -0.1) is 0 Å². The van der Waals surface area contributed by atoms with Crippen LogP contribution in [-0.4, -0.2) is 13.1 Å². The lowest BCUT2D eigenvalue weighted by Crippen LogP contribution is -2.06. The number of hydrogen-bond acceptors (Lipinski definition) is 3. The molecule has 0 unspecified atom stereocenters. The Morgan fingerprint density at radius 3 is 2.71 bits per heavy atom. The fourth-order valence-electron chi connectivity index (χ4n) is 1.22. The number of carbonyl (C=O) groups excluding carboxylic acids is 1. The summed E-state index contributed by atoms with van der Waals surface area (Å²) in [6.45, 7) is 1.98. The SMILES string of the molecule is CCc1cc(Br)c(N)cc1C(=O)OC. The Morgan fingerprint density at radius 1 is 1.57 bits per heavy atom. The number of ether oxygens (including phenoxy) is 1. The molecule has 76 valence electrons. The van der Waals surface area contributed by atoms with Gasteiger partial charge in [0.05, 0.1) is 12.7 Å². The van der Waals surface area contributed by atoms with Gasteiger partial charge in [-0.1, -0.05) is 6.92 Å². The molecule has 4 heteroatoms. The number of aryl methyl sites for hydroxylation is 1. The molecular formula is C10H12BrNO2. The van der Waals surface area contributed by atoms with E-state index < -0.39 is 0 Å². The lowest BCUT2D eigenvalue weighted by molar-refractivity contribution is 0.0599. The largest absolute Gasteiger partial charge is 0.465 e. The second-order valence-corrected chi connectivity index (χ2v) is 3.73. The molecule has 0 aliphatic rings. The van der Waals surface area contributed by atoms with E-state index >= 15 is 0 Å². The second kappa shape index (κ2) is 4.46. The number of benzene rings is 1. The molecule has 0 fully saturated rings. The quantitative estimate of drug-likeness (QED) is 0.654. The Morgan fingerprint density at radius 2 is 2.21 bits per heavy atom. The molecule has 0 bridgehead atoms. The molecule has 1 aromatic carbocycles. The van der Waals surface area contributed by atoms with Crippen LogP contribution >= 0.6 is 15.9 Å². The third-order valence-electron chi connectivity index (χ3n) is 2.01. The second-order valence-electron chi connectivity index (χ2n) is 2.88. The van der Waals surface area contributed by atoms with Gasteiger partial charge in [-0.25, -0.2) is 4.79 Å². The van der Waals surface area contributed by atoms with Crippen molar-refractivity contribution >= 4 is 27.6 Å². The Hall–Kier alpha value is -1.03. The minimum absolute atomic E-state index is 0.346. The highest BCUT2D eigenvalue weighted by molar-refractivity contribution is 9.10. The Bertz CT molecular complexity index is 363. The predicted molar refractivity (Wildman–Crippen MR) is 59.3 cm³/mol. The molecule has 0 spiro atoms. The maximum atomic E-state index is 11.4. The molecule has 1 rings (SSSR count). The number of methoxy groups -OCH3 is 1. The highest BCUT2D eigenvalue weighted by atomic mass is 79.9. The molecule has 0 amide bonds. The first-order valence-corrected chi connectivity index (χ1v) is 5.05. The summed E-state index contributed by atoms with van der Waals surface area (Å²) in [5.41, 5.74) is 7.69. The van der Waals surface area contributed by atoms with Crippen LogP contribution in [0.3, 0.4) is 0 Å². The van der Waals surface area contributed by atoms with Crippen molar-refractivity contribution in [3.8, 4) is 0 Å². The van der Waals surface area contributed by atoms with E-state index in [1.807, 2.05) is 13.0 Å². The van der Waals surface area contributed by atoms with Crippen molar-refractivity contribution in [1.82, 2.24) is 0 Å². The molecule has 0 heterocycles. The van der Waals surface area contributed by atoms with Crippen molar-refractivity contribution in [1.29, 1.82) is 0 Å². The summed E-state index contributed by atoms with van der Waals surface area (Å²) in [6.07, 6.45) is 0.767. The van der Waals surface area contributed by atoms with E-state index in [-0.39, 0.29) is 5.97 Å². The molecule has 0 saturated carbocycles. The van der Waals surface area contributed by atoms with Gasteiger partial charge in [0.2, 0.25) is 0 Å². The average molecular weight is 258 g/mol. The van der Waals surface area contributed by atoms with Crippen molar-refractivity contribution < 1.29 is 9.53 Å². The van der Waals surface area contributed by atoms with Gasteiger partial charge in [0.25, 0.3) is 0 Å². The van der Waals surface area contributed by atoms with Crippen LogP contribution in [0.25, 0.3) is 0 Å². The third-order valence-corrected chi connectivity index (χ3v) is 2.70. The molecule has 1 aromatic rings. The van der Waals surface area contributed by atoms with Crippen LogP contribution in [0.2, 0.25) is 0 Å². The highest BCUT2D eigenvalue weighted by Gasteiger charge is 2.12. The number of hydrogen-bond donors (Lipinski definition) is 1. The van der Waals surface area contributed by atoms with Crippen LogP contribution in [0.4, 0.5) is 5.69 Å². The fourth-order valence-corrected chi connectivity index (χ4v) is 1.61. The van der Waals surface area contributed by atoms with Crippen LogP contribution in [-0.2, 0) is 11.2 Å². The maximum Gasteiger partial charge on any atom is 0.338 e. The lowest BCUT2D eigenvalue weighted by Gasteiger charge is -2.08. The first kappa shape index (κ1) is 11.0. The molecule has 0 saturated heterocycles. The molecule has 0 aromatic heterocycles. The number of nitrogens with two attached hydrogens (primary N) is 1. The molecule has 0 atom stereocenters. The first-order chi connectivity index (χ1) is 6.60. The lowest BCUT2D eigenvalue weighted by atomic mass is 10.0. The Balaban J connectivity index is 3.27. The monoisotopic (exact) mass is 257 g/mol. The van der Waals surface area contributed by atoms with E-state index in [2.05, 4.69) is 20.7 Å². The van der Waals surface area contributed by atoms with Gasteiger partial charge in [0, 0.05) is 10.2 Å². The van der Waals surface area contributed by atoms with Crippen molar-refractivity contribution in [2.45, 2.75) is 13.3 Å². The van der Waals surface area contributed by atoms with E-state index in [1.165, 1.54) is 7.11 Å². The number of rotatable bonds is 2. The van der Waals surface area contributed by atoms with Crippen molar-refractivity contribution in [3.63, 3.8) is 0 Å².